The van der Waals surface area contributed by atoms with Crippen LogP contribution in [0.1, 0.15) is 28.8 Å². The Hall–Kier alpha value is -2.97. The van der Waals surface area contributed by atoms with Crippen LogP contribution in [0.5, 0.6) is 0 Å². The van der Waals surface area contributed by atoms with Crippen molar-refractivity contribution in [2.45, 2.75) is 19.5 Å². The molecule has 0 unspecified atom stereocenters. The maximum atomic E-state index is 13.0. The number of hydrogen-bond donors (Lipinski definition) is 1. The van der Waals surface area contributed by atoms with Gasteiger partial charge in [0.2, 0.25) is 5.82 Å². The number of halogens is 3. The molecule has 2 heterocycles. The number of fused-ring (bicyclic) bond motifs is 1. The molecular weight excluding hydrogens is 325 g/mol. The van der Waals surface area contributed by atoms with Crippen molar-refractivity contribution in [3.05, 3.63) is 47.7 Å². The number of aromatic nitrogens is 4. The molecule has 0 aliphatic heterocycles. The van der Waals surface area contributed by atoms with Crippen LogP contribution in [0.2, 0.25) is 0 Å². The van der Waals surface area contributed by atoms with Gasteiger partial charge in [-0.3, -0.25) is 4.57 Å². The van der Waals surface area contributed by atoms with Crippen molar-refractivity contribution in [1.82, 2.24) is 19.5 Å². The predicted molar refractivity (Wildman–Crippen MR) is 78.0 cm³/mol. The second kappa shape index (κ2) is 5.59. The number of carbonyl (C=O) groups is 1. The van der Waals surface area contributed by atoms with Crippen LogP contribution in [-0.2, 0) is 12.6 Å². The molecule has 0 aliphatic carbocycles. The molecule has 24 heavy (non-hydrogen) atoms. The highest BCUT2D eigenvalue weighted by molar-refractivity contribution is 5.88. The largest absolute Gasteiger partial charge is 0.478 e. The molecule has 3 aromatic rings. The molecule has 0 atom stereocenters. The summed E-state index contributed by atoms with van der Waals surface area (Å²) in [5.74, 6) is -2.39. The maximum absolute atomic E-state index is 13.0. The molecule has 124 valence electrons. The normalized spacial score (nSPS) is 11.8. The van der Waals surface area contributed by atoms with E-state index in [9.17, 15) is 18.0 Å². The molecule has 1 aromatic carbocycles. The van der Waals surface area contributed by atoms with Crippen LogP contribution in [0.25, 0.3) is 16.9 Å². The zero-order valence-electron chi connectivity index (χ0n) is 12.4. The molecule has 9 heteroatoms. The average molecular weight is 336 g/mol. The van der Waals surface area contributed by atoms with Crippen LogP contribution in [0, 0.1) is 0 Å². The highest BCUT2D eigenvalue weighted by atomic mass is 19.4. The fourth-order valence-electron chi connectivity index (χ4n) is 2.31. The number of alkyl halides is 3. The van der Waals surface area contributed by atoms with Gasteiger partial charge < -0.3 is 5.11 Å². The maximum Gasteiger partial charge on any atom is 0.451 e. The van der Waals surface area contributed by atoms with Gasteiger partial charge in [0.25, 0.3) is 0 Å². The summed E-state index contributed by atoms with van der Waals surface area (Å²) in [5, 5.41) is 9.05. The highest BCUT2D eigenvalue weighted by Crippen LogP contribution is 2.29. The topological polar surface area (TPSA) is 80.9 Å². The Labute approximate surface area is 133 Å². The van der Waals surface area contributed by atoms with Gasteiger partial charge in [0.05, 0.1) is 11.3 Å². The second-order valence-electron chi connectivity index (χ2n) is 4.99. The van der Waals surface area contributed by atoms with E-state index in [1.807, 2.05) is 0 Å². The van der Waals surface area contributed by atoms with Gasteiger partial charge in [-0.25, -0.2) is 19.7 Å². The summed E-state index contributed by atoms with van der Waals surface area (Å²) in [4.78, 5) is 22.3. The molecule has 1 N–H and O–H groups in total. The Morgan fingerprint density at radius 3 is 2.67 bits per heavy atom. The summed E-state index contributed by atoms with van der Waals surface area (Å²) < 4.78 is 40.3. The molecule has 0 amide bonds. The predicted octanol–water partition coefficient (Wildman–Crippen LogP) is 3.09. The fourth-order valence-corrected chi connectivity index (χ4v) is 2.31. The van der Waals surface area contributed by atoms with Crippen LogP contribution in [0.4, 0.5) is 13.2 Å². The number of benzene rings is 1. The van der Waals surface area contributed by atoms with Gasteiger partial charge in [0, 0.05) is 5.69 Å². The van der Waals surface area contributed by atoms with Crippen LogP contribution >= 0.6 is 0 Å². The standard InChI is InChI=1S/C15H11F3N4O2/c1-2-10-11-12(21-14(20-10)15(16,17)18)22(7-19-11)9-5-3-4-8(6-9)13(23)24/h3-7H,2H2,1H3,(H,23,24). The first kappa shape index (κ1) is 15.9. The lowest BCUT2D eigenvalue weighted by molar-refractivity contribution is -0.144. The third kappa shape index (κ3) is 2.68. The smallest absolute Gasteiger partial charge is 0.451 e. The number of carboxylic acid groups (broad SMARTS) is 1. The van der Waals surface area contributed by atoms with E-state index in [-0.39, 0.29) is 28.8 Å². The van der Waals surface area contributed by atoms with Gasteiger partial charge in [-0.1, -0.05) is 13.0 Å². The van der Waals surface area contributed by atoms with E-state index in [4.69, 9.17) is 5.11 Å². The van der Waals surface area contributed by atoms with E-state index in [0.717, 1.165) is 0 Å². The summed E-state index contributed by atoms with van der Waals surface area (Å²) in [6.07, 6.45) is -3.12. The Balaban J connectivity index is 2.26. The van der Waals surface area contributed by atoms with Crippen molar-refractivity contribution in [1.29, 1.82) is 0 Å². The number of aryl methyl sites for hydroxylation is 1. The Morgan fingerprint density at radius 1 is 1.29 bits per heavy atom. The van der Waals surface area contributed by atoms with Gasteiger partial charge in [-0.15, -0.1) is 0 Å². The van der Waals surface area contributed by atoms with E-state index >= 15 is 0 Å². The minimum absolute atomic E-state index is 0.00941. The SMILES string of the molecule is CCc1nc(C(F)(F)F)nc2c1ncn2-c1cccc(C(=O)O)c1. The third-order valence-electron chi connectivity index (χ3n) is 3.43. The molecule has 0 fully saturated rings. The molecule has 0 aliphatic rings. The average Bonchev–Trinajstić information content (AvgIpc) is 2.97. The molecule has 0 radical (unpaired) electrons. The molecule has 3 rings (SSSR count). The van der Waals surface area contributed by atoms with Gasteiger partial charge >= 0.3 is 12.1 Å². The van der Waals surface area contributed by atoms with Crippen molar-refractivity contribution >= 4 is 17.1 Å². The highest BCUT2D eigenvalue weighted by Gasteiger charge is 2.36. The summed E-state index contributed by atoms with van der Waals surface area (Å²) in [5.41, 5.74) is 0.782. The van der Waals surface area contributed by atoms with Crippen LogP contribution in [-0.4, -0.2) is 30.6 Å². The summed E-state index contributed by atoms with van der Waals surface area (Å²) >= 11 is 0. The van der Waals surface area contributed by atoms with Gasteiger partial charge in [0.15, 0.2) is 5.65 Å². The third-order valence-corrected chi connectivity index (χ3v) is 3.43. The zero-order valence-corrected chi connectivity index (χ0v) is 12.4. The van der Waals surface area contributed by atoms with Crippen molar-refractivity contribution in [2.75, 3.05) is 0 Å². The molecule has 0 saturated carbocycles. The lowest BCUT2D eigenvalue weighted by Crippen LogP contribution is -2.13. The summed E-state index contributed by atoms with van der Waals surface area (Å²) in [7, 11) is 0. The molecule has 0 spiro atoms. The first-order valence-electron chi connectivity index (χ1n) is 6.96. The first-order chi connectivity index (χ1) is 11.3. The van der Waals surface area contributed by atoms with Gasteiger partial charge in [-0.05, 0) is 24.6 Å². The lowest BCUT2D eigenvalue weighted by atomic mass is 10.2. The van der Waals surface area contributed by atoms with Gasteiger partial charge in [-0.2, -0.15) is 13.2 Å². The number of aromatic carboxylic acids is 1. The fraction of sp³-hybridized carbons (Fsp3) is 0.200. The van der Waals surface area contributed by atoms with Crippen molar-refractivity contribution in [2.24, 2.45) is 0 Å². The zero-order chi connectivity index (χ0) is 17.5. The van der Waals surface area contributed by atoms with Crippen molar-refractivity contribution in [3.8, 4) is 5.69 Å². The van der Waals surface area contributed by atoms with Crippen LogP contribution < -0.4 is 0 Å². The lowest BCUT2D eigenvalue weighted by Gasteiger charge is -2.09. The Morgan fingerprint density at radius 2 is 2.04 bits per heavy atom. The minimum atomic E-state index is -4.68. The number of nitrogens with zero attached hydrogens (tertiary/aromatic N) is 4. The quantitative estimate of drug-likeness (QED) is 0.795. The van der Waals surface area contributed by atoms with E-state index < -0.39 is 18.0 Å². The number of imidazole rings is 1. The number of hydrogen-bond acceptors (Lipinski definition) is 4. The second-order valence-corrected chi connectivity index (χ2v) is 4.99. The minimum Gasteiger partial charge on any atom is -0.478 e. The van der Waals surface area contributed by atoms with Crippen LogP contribution in [0.3, 0.4) is 0 Å². The summed E-state index contributed by atoms with van der Waals surface area (Å²) in [6, 6.07) is 5.79. The van der Waals surface area contributed by atoms with E-state index in [1.165, 1.54) is 29.1 Å². The van der Waals surface area contributed by atoms with Gasteiger partial charge in [0.1, 0.15) is 11.8 Å². The summed E-state index contributed by atoms with van der Waals surface area (Å²) in [6.45, 7) is 1.67. The first-order valence-corrected chi connectivity index (χ1v) is 6.96. The van der Waals surface area contributed by atoms with E-state index in [0.29, 0.717) is 5.69 Å². The Bertz CT molecular complexity index is 934. The molecule has 0 saturated heterocycles. The molecule has 2 aromatic heterocycles. The van der Waals surface area contributed by atoms with Crippen molar-refractivity contribution in [3.63, 3.8) is 0 Å². The van der Waals surface area contributed by atoms with Crippen molar-refractivity contribution < 1.29 is 23.1 Å². The number of carboxylic acids is 1. The monoisotopic (exact) mass is 336 g/mol. The number of rotatable bonds is 3. The Kier molecular flexibility index (Phi) is 3.70. The van der Waals surface area contributed by atoms with E-state index in [2.05, 4.69) is 15.0 Å². The van der Waals surface area contributed by atoms with Crippen LogP contribution in [0.15, 0.2) is 30.6 Å². The van der Waals surface area contributed by atoms with E-state index in [1.54, 1.807) is 13.0 Å². The molecular formula is C15H11F3N4O2. The molecule has 0 bridgehead atoms. The molecule has 6 nitrogen and oxygen atoms in total.